The summed E-state index contributed by atoms with van der Waals surface area (Å²) < 4.78 is 5.17. The summed E-state index contributed by atoms with van der Waals surface area (Å²) in [5.74, 6) is -1.55. The molecule has 0 aliphatic heterocycles. The van der Waals surface area contributed by atoms with Crippen LogP contribution in [-0.4, -0.2) is 18.5 Å². The zero-order chi connectivity index (χ0) is 16.0. The van der Waals surface area contributed by atoms with Gasteiger partial charge in [-0.2, -0.15) is 0 Å². The lowest BCUT2D eigenvalue weighted by atomic mass is 9.84. The molecule has 4 nitrogen and oxygen atoms in total. The highest BCUT2D eigenvalue weighted by molar-refractivity contribution is 6.01. The quantitative estimate of drug-likeness (QED) is 0.756. The standard InChI is InChI=1S/C17H24O4/c1-12(11-17(2,3)4)9-10-21-16(20)14-8-6-5-7-13(14)15(18)19/h5-8,12H,9-11H2,1-4H3,(H,18,19)/p-1. The van der Waals surface area contributed by atoms with Crippen LogP contribution in [0, 0.1) is 11.3 Å². The number of hydrogen-bond acceptors (Lipinski definition) is 4. The Hall–Kier alpha value is -1.84. The Morgan fingerprint density at radius 3 is 2.29 bits per heavy atom. The Morgan fingerprint density at radius 2 is 1.76 bits per heavy atom. The number of ether oxygens (including phenoxy) is 1. The summed E-state index contributed by atoms with van der Waals surface area (Å²) in [6.07, 6.45) is 1.80. The van der Waals surface area contributed by atoms with Crippen LogP contribution in [0.2, 0.25) is 0 Å². The molecule has 0 fully saturated rings. The highest BCUT2D eigenvalue weighted by Crippen LogP contribution is 2.25. The number of carboxylic acid groups (broad SMARTS) is 1. The van der Waals surface area contributed by atoms with Gasteiger partial charge in [0.25, 0.3) is 0 Å². The van der Waals surface area contributed by atoms with Crippen molar-refractivity contribution in [2.45, 2.75) is 40.5 Å². The fourth-order valence-electron chi connectivity index (χ4n) is 2.42. The van der Waals surface area contributed by atoms with E-state index in [-0.39, 0.29) is 23.1 Å². The smallest absolute Gasteiger partial charge is 0.338 e. The van der Waals surface area contributed by atoms with Crippen LogP contribution in [0.5, 0.6) is 0 Å². The molecule has 0 aliphatic carbocycles. The molecule has 0 aromatic heterocycles. The molecule has 0 heterocycles. The largest absolute Gasteiger partial charge is 0.545 e. The van der Waals surface area contributed by atoms with Crippen LogP contribution in [0.1, 0.15) is 61.3 Å². The Bertz CT molecular complexity index is 500. The number of carbonyl (C=O) groups is 2. The maximum absolute atomic E-state index is 11.9. The molecular weight excluding hydrogens is 268 g/mol. The molecule has 1 aromatic carbocycles. The Balaban J connectivity index is 2.54. The van der Waals surface area contributed by atoms with Gasteiger partial charge in [-0.25, -0.2) is 4.79 Å². The van der Waals surface area contributed by atoms with Crippen molar-refractivity contribution in [1.82, 2.24) is 0 Å². The topological polar surface area (TPSA) is 66.4 Å². The van der Waals surface area contributed by atoms with E-state index in [0.717, 1.165) is 12.8 Å². The fourth-order valence-corrected chi connectivity index (χ4v) is 2.42. The lowest BCUT2D eigenvalue weighted by molar-refractivity contribution is -0.255. The van der Waals surface area contributed by atoms with Crippen molar-refractivity contribution in [3.63, 3.8) is 0 Å². The second-order valence-corrected chi connectivity index (χ2v) is 6.63. The normalized spacial score (nSPS) is 12.8. The number of carbonyl (C=O) groups excluding carboxylic acids is 2. The number of hydrogen-bond donors (Lipinski definition) is 0. The van der Waals surface area contributed by atoms with Gasteiger partial charge in [-0.05, 0) is 30.2 Å². The molecule has 1 unspecified atom stereocenters. The van der Waals surface area contributed by atoms with Crippen molar-refractivity contribution >= 4 is 11.9 Å². The van der Waals surface area contributed by atoms with Crippen LogP contribution in [0.15, 0.2) is 24.3 Å². The first-order valence-corrected chi connectivity index (χ1v) is 7.18. The van der Waals surface area contributed by atoms with E-state index in [0.29, 0.717) is 5.92 Å². The van der Waals surface area contributed by atoms with Gasteiger partial charge in [-0.15, -0.1) is 0 Å². The van der Waals surface area contributed by atoms with Crippen LogP contribution >= 0.6 is 0 Å². The Labute approximate surface area is 126 Å². The second kappa shape index (κ2) is 7.25. The molecule has 116 valence electrons. The molecule has 0 radical (unpaired) electrons. The first-order valence-electron chi connectivity index (χ1n) is 7.18. The van der Waals surface area contributed by atoms with Gasteiger partial charge >= 0.3 is 5.97 Å². The molecule has 0 saturated heterocycles. The van der Waals surface area contributed by atoms with E-state index in [4.69, 9.17) is 4.74 Å². The van der Waals surface area contributed by atoms with Gasteiger partial charge in [0.2, 0.25) is 0 Å². The fraction of sp³-hybridized carbons (Fsp3) is 0.529. The number of carboxylic acids is 1. The molecule has 4 heteroatoms. The first-order chi connectivity index (χ1) is 9.70. The molecule has 0 bridgehead atoms. The molecule has 0 N–H and O–H groups in total. The lowest BCUT2D eigenvalue weighted by Crippen LogP contribution is -2.25. The zero-order valence-corrected chi connectivity index (χ0v) is 13.1. The summed E-state index contributed by atoms with van der Waals surface area (Å²) >= 11 is 0. The average molecular weight is 291 g/mol. The van der Waals surface area contributed by atoms with Crippen molar-refractivity contribution in [2.75, 3.05) is 6.61 Å². The minimum atomic E-state index is -1.37. The van der Waals surface area contributed by atoms with Crippen molar-refractivity contribution in [2.24, 2.45) is 11.3 Å². The van der Waals surface area contributed by atoms with E-state index in [9.17, 15) is 14.7 Å². The van der Waals surface area contributed by atoms with Crippen molar-refractivity contribution in [3.05, 3.63) is 35.4 Å². The maximum Gasteiger partial charge on any atom is 0.338 e. The predicted octanol–water partition coefficient (Wildman–Crippen LogP) is 2.67. The third-order valence-corrected chi connectivity index (χ3v) is 3.17. The molecule has 1 atom stereocenters. The van der Waals surface area contributed by atoms with Crippen molar-refractivity contribution in [1.29, 1.82) is 0 Å². The van der Waals surface area contributed by atoms with Gasteiger partial charge < -0.3 is 14.6 Å². The van der Waals surface area contributed by atoms with Crippen LogP contribution < -0.4 is 5.11 Å². The van der Waals surface area contributed by atoms with Gasteiger partial charge in [-0.1, -0.05) is 45.9 Å². The molecular formula is C17H23O4-. The summed E-state index contributed by atoms with van der Waals surface area (Å²) in [5.41, 5.74) is 0.150. The van der Waals surface area contributed by atoms with Gasteiger partial charge in [0, 0.05) is 5.56 Å². The number of rotatable bonds is 6. The minimum Gasteiger partial charge on any atom is -0.545 e. The highest BCUT2D eigenvalue weighted by Gasteiger charge is 2.17. The summed E-state index contributed by atoms with van der Waals surface area (Å²) in [6.45, 7) is 8.93. The van der Waals surface area contributed by atoms with Crippen LogP contribution in [0.3, 0.4) is 0 Å². The van der Waals surface area contributed by atoms with Crippen molar-refractivity contribution < 1.29 is 19.4 Å². The Morgan fingerprint density at radius 1 is 1.19 bits per heavy atom. The van der Waals surface area contributed by atoms with E-state index in [1.54, 1.807) is 12.1 Å². The third kappa shape index (κ3) is 5.98. The zero-order valence-electron chi connectivity index (χ0n) is 13.1. The average Bonchev–Trinajstić information content (AvgIpc) is 2.36. The summed E-state index contributed by atoms with van der Waals surface area (Å²) in [5, 5.41) is 10.9. The van der Waals surface area contributed by atoms with E-state index >= 15 is 0 Å². The second-order valence-electron chi connectivity index (χ2n) is 6.63. The minimum absolute atomic E-state index is 0.0426. The molecule has 1 aromatic rings. The van der Waals surface area contributed by atoms with Gasteiger partial charge in [0.05, 0.1) is 18.1 Å². The molecule has 0 saturated carbocycles. The van der Waals surface area contributed by atoms with Gasteiger partial charge in [-0.3, -0.25) is 0 Å². The van der Waals surface area contributed by atoms with Crippen LogP contribution in [-0.2, 0) is 4.74 Å². The van der Waals surface area contributed by atoms with Gasteiger partial charge in [0.15, 0.2) is 0 Å². The van der Waals surface area contributed by atoms with Gasteiger partial charge in [0.1, 0.15) is 0 Å². The molecule has 0 aliphatic rings. The molecule has 0 amide bonds. The SMILES string of the molecule is CC(CCOC(=O)c1ccccc1C(=O)[O-])CC(C)(C)C. The van der Waals surface area contributed by atoms with E-state index < -0.39 is 11.9 Å². The molecule has 0 spiro atoms. The van der Waals surface area contributed by atoms with E-state index in [1.807, 2.05) is 0 Å². The van der Waals surface area contributed by atoms with Crippen molar-refractivity contribution in [3.8, 4) is 0 Å². The lowest BCUT2D eigenvalue weighted by Gasteiger charge is -2.23. The van der Waals surface area contributed by atoms with Crippen LogP contribution in [0.25, 0.3) is 0 Å². The predicted molar refractivity (Wildman–Crippen MR) is 78.9 cm³/mol. The summed E-state index contributed by atoms with van der Waals surface area (Å²) in [7, 11) is 0. The monoisotopic (exact) mass is 291 g/mol. The van der Waals surface area contributed by atoms with E-state index in [1.165, 1.54) is 12.1 Å². The number of aromatic carboxylic acids is 1. The summed E-state index contributed by atoms with van der Waals surface area (Å²) in [4.78, 5) is 22.9. The molecule has 1 rings (SSSR count). The third-order valence-electron chi connectivity index (χ3n) is 3.17. The number of benzene rings is 1. The maximum atomic E-state index is 11.9. The molecule has 21 heavy (non-hydrogen) atoms. The van der Waals surface area contributed by atoms with Crippen LogP contribution in [0.4, 0.5) is 0 Å². The Kier molecular flexibility index (Phi) is 5.94. The summed E-state index contributed by atoms with van der Waals surface area (Å²) in [6, 6.07) is 5.93. The van der Waals surface area contributed by atoms with E-state index in [2.05, 4.69) is 27.7 Å². The highest BCUT2D eigenvalue weighted by atomic mass is 16.5. The number of esters is 1. The first kappa shape index (κ1) is 17.2.